The van der Waals surface area contributed by atoms with Crippen molar-refractivity contribution in [3.63, 3.8) is 0 Å². The second-order valence-electron chi connectivity index (χ2n) is 3.41. The summed E-state index contributed by atoms with van der Waals surface area (Å²) in [5, 5.41) is 0. The van der Waals surface area contributed by atoms with Crippen molar-refractivity contribution < 1.29 is 9.53 Å². The van der Waals surface area contributed by atoms with Crippen LogP contribution in [0.25, 0.3) is 0 Å². The first-order valence-electron chi connectivity index (χ1n) is 4.79. The van der Waals surface area contributed by atoms with Crippen molar-refractivity contribution in [1.82, 2.24) is 4.90 Å². The Kier molecular flexibility index (Phi) is 4.18. The number of amides is 1. The highest BCUT2D eigenvalue weighted by Gasteiger charge is 2.23. The Morgan fingerprint density at radius 2 is 2.46 bits per heavy atom. The molecule has 0 spiro atoms. The number of rotatable bonds is 4. The number of ether oxygens (including phenoxy) is 1. The maximum absolute atomic E-state index is 11.5. The number of carbonyl (C=O) groups excluding carboxylic acids is 1. The predicted molar refractivity (Wildman–Crippen MR) is 50.3 cm³/mol. The molecule has 1 heterocycles. The van der Waals surface area contributed by atoms with Crippen LogP contribution in [0.1, 0.15) is 19.3 Å². The minimum absolute atomic E-state index is 0.181. The van der Waals surface area contributed by atoms with Crippen molar-refractivity contribution in [2.45, 2.75) is 25.3 Å². The number of hydrogen-bond donors (Lipinski definition) is 1. The Labute approximate surface area is 79.0 Å². The van der Waals surface area contributed by atoms with Crippen molar-refractivity contribution in [2.24, 2.45) is 5.73 Å². The van der Waals surface area contributed by atoms with Crippen molar-refractivity contribution in [3.8, 4) is 0 Å². The van der Waals surface area contributed by atoms with Crippen LogP contribution in [-0.4, -0.2) is 43.7 Å². The summed E-state index contributed by atoms with van der Waals surface area (Å²) in [6.45, 7) is 2.05. The van der Waals surface area contributed by atoms with Crippen molar-refractivity contribution >= 4 is 5.91 Å². The summed E-state index contributed by atoms with van der Waals surface area (Å²) < 4.78 is 5.21. The van der Waals surface area contributed by atoms with Crippen LogP contribution in [0.2, 0.25) is 0 Å². The number of likely N-dealkylation sites (N-methyl/N-ethyl adjacent to an activating group) is 1. The van der Waals surface area contributed by atoms with Crippen LogP contribution < -0.4 is 5.73 Å². The third-order valence-corrected chi connectivity index (χ3v) is 2.44. The van der Waals surface area contributed by atoms with Crippen LogP contribution in [0.15, 0.2) is 0 Å². The van der Waals surface area contributed by atoms with Crippen molar-refractivity contribution in [2.75, 3.05) is 26.8 Å². The van der Waals surface area contributed by atoms with Gasteiger partial charge in [0.15, 0.2) is 0 Å². The Morgan fingerprint density at radius 3 is 3.00 bits per heavy atom. The number of carbonyl (C=O) groups is 1. The summed E-state index contributed by atoms with van der Waals surface area (Å²) >= 11 is 0. The van der Waals surface area contributed by atoms with Gasteiger partial charge in [0.25, 0.3) is 0 Å². The van der Waals surface area contributed by atoms with Gasteiger partial charge in [-0.2, -0.15) is 0 Å². The van der Waals surface area contributed by atoms with Gasteiger partial charge in [-0.25, -0.2) is 0 Å². The van der Waals surface area contributed by atoms with E-state index >= 15 is 0 Å². The fraction of sp³-hybridized carbons (Fsp3) is 0.889. The molecule has 1 amide bonds. The molecule has 1 aliphatic heterocycles. The third-order valence-electron chi connectivity index (χ3n) is 2.44. The second-order valence-corrected chi connectivity index (χ2v) is 3.41. The van der Waals surface area contributed by atoms with Gasteiger partial charge < -0.3 is 15.4 Å². The Balaban J connectivity index is 2.28. The van der Waals surface area contributed by atoms with Gasteiger partial charge >= 0.3 is 0 Å². The van der Waals surface area contributed by atoms with Crippen molar-refractivity contribution in [1.29, 1.82) is 0 Å². The smallest absolute Gasteiger partial charge is 0.222 e. The van der Waals surface area contributed by atoms with Crippen LogP contribution in [0.4, 0.5) is 0 Å². The zero-order chi connectivity index (χ0) is 9.68. The molecule has 4 nitrogen and oxygen atoms in total. The first kappa shape index (κ1) is 10.5. The molecule has 1 aliphatic rings. The first-order valence-corrected chi connectivity index (χ1v) is 4.79. The van der Waals surface area contributed by atoms with Crippen molar-refractivity contribution in [3.05, 3.63) is 0 Å². The second kappa shape index (κ2) is 5.19. The van der Waals surface area contributed by atoms with Gasteiger partial charge in [0.2, 0.25) is 5.91 Å². The average Bonchev–Trinajstić information content (AvgIpc) is 2.65. The highest BCUT2D eigenvalue weighted by atomic mass is 16.5. The maximum Gasteiger partial charge on any atom is 0.222 e. The molecule has 0 aliphatic carbocycles. The normalized spacial score (nSPS) is 21.8. The Hall–Kier alpha value is -0.610. The van der Waals surface area contributed by atoms with Gasteiger partial charge in [-0.15, -0.1) is 0 Å². The van der Waals surface area contributed by atoms with Crippen LogP contribution in [-0.2, 0) is 9.53 Å². The molecule has 4 heteroatoms. The number of nitrogens with two attached hydrogens (primary N) is 1. The summed E-state index contributed by atoms with van der Waals surface area (Å²) in [5.41, 5.74) is 5.33. The van der Waals surface area contributed by atoms with Crippen LogP contribution in [0.5, 0.6) is 0 Å². The highest BCUT2D eigenvalue weighted by Crippen LogP contribution is 2.11. The Morgan fingerprint density at radius 1 is 1.69 bits per heavy atom. The summed E-state index contributed by atoms with van der Waals surface area (Å²) in [7, 11) is 1.85. The Bertz CT molecular complexity index is 167. The molecule has 1 atom stereocenters. The molecular weight excluding hydrogens is 168 g/mol. The molecule has 76 valence electrons. The van der Waals surface area contributed by atoms with E-state index in [1.807, 2.05) is 7.05 Å². The quantitative estimate of drug-likeness (QED) is 0.671. The van der Waals surface area contributed by atoms with Gasteiger partial charge in [0, 0.05) is 20.1 Å². The molecule has 0 radical (unpaired) electrons. The lowest BCUT2D eigenvalue weighted by Gasteiger charge is -2.22. The van der Waals surface area contributed by atoms with E-state index in [1.54, 1.807) is 4.90 Å². The molecule has 0 aromatic heterocycles. The molecule has 1 unspecified atom stereocenters. The minimum atomic E-state index is 0.181. The molecule has 13 heavy (non-hydrogen) atoms. The lowest BCUT2D eigenvalue weighted by molar-refractivity contribution is -0.132. The van der Waals surface area contributed by atoms with E-state index in [9.17, 15) is 4.79 Å². The van der Waals surface area contributed by atoms with Crippen LogP contribution in [0.3, 0.4) is 0 Å². The van der Waals surface area contributed by atoms with E-state index < -0.39 is 0 Å². The SMILES string of the molecule is CN(C(=O)CCCN)C1CCOC1. The molecule has 2 N–H and O–H groups in total. The zero-order valence-electron chi connectivity index (χ0n) is 8.16. The average molecular weight is 186 g/mol. The molecular formula is C9H18N2O2. The van der Waals surface area contributed by atoms with E-state index in [2.05, 4.69) is 0 Å². The summed E-state index contributed by atoms with van der Waals surface area (Å²) in [6.07, 6.45) is 2.30. The fourth-order valence-electron chi connectivity index (χ4n) is 1.46. The highest BCUT2D eigenvalue weighted by molar-refractivity contribution is 5.76. The molecule has 1 rings (SSSR count). The van der Waals surface area contributed by atoms with E-state index in [1.165, 1.54) is 0 Å². The van der Waals surface area contributed by atoms with E-state index in [0.717, 1.165) is 19.4 Å². The number of hydrogen-bond acceptors (Lipinski definition) is 3. The lowest BCUT2D eigenvalue weighted by Crippen LogP contribution is -2.37. The standard InChI is InChI=1S/C9H18N2O2/c1-11(8-4-6-13-7-8)9(12)3-2-5-10/h8H,2-7,10H2,1H3. The van der Waals surface area contributed by atoms with Gasteiger partial charge in [-0.3, -0.25) is 4.79 Å². The monoisotopic (exact) mass is 186 g/mol. The summed E-state index contributed by atoms with van der Waals surface area (Å²) in [4.78, 5) is 13.3. The van der Waals surface area contributed by atoms with Gasteiger partial charge in [-0.1, -0.05) is 0 Å². The van der Waals surface area contributed by atoms with Crippen LogP contribution in [0, 0.1) is 0 Å². The fourth-order valence-corrected chi connectivity index (χ4v) is 1.46. The lowest BCUT2D eigenvalue weighted by atomic mass is 10.2. The summed E-state index contributed by atoms with van der Waals surface area (Å²) in [6, 6.07) is 0.283. The van der Waals surface area contributed by atoms with E-state index in [4.69, 9.17) is 10.5 Å². The minimum Gasteiger partial charge on any atom is -0.379 e. The third kappa shape index (κ3) is 2.97. The molecule has 0 aromatic carbocycles. The van der Waals surface area contributed by atoms with E-state index in [0.29, 0.717) is 19.6 Å². The first-order chi connectivity index (χ1) is 6.25. The molecule has 1 fully saturated rings. The topological polar surface area (TPSA) is 55.6 Å². The summed E-state index contributed by atoms with van der Waals surface area (Å²) in [5.74, 6) is 0.181. The molecule has 0 aromatic rings. The molecule has 1 saturated heterocycles. The van der Waals surface area contributed by atoms with Gasteiger partial charge in [-0.05, 0) is 19.4 Å². The van der Waals surface area contributed by atoms with E-state index in [-0.39, 0.29) is 11.9 Å². The van der Waals surface area contributed by atoms with Crippen LogP contribution >= 0.6 is 0 Å². The molecule has 0 bridgehead atoms. The molecule has 0 saturated carbocycles. The maximum atomic E-state index is 11.5. The largest absolute Gasteiger partial charge is 0.379 e. The zero-order valence-corrected chi connectivity index (χ0v) is 8.16. The van der Waals surface area contributed by atoms with Gasteiger partial charge in [0.1, 0.15) is 0 Å². The van der Waals surface area contributed by atoms with Gasteiger partial charge in [0.05, 0.1) is 12.6 Å². The number of nitrogens with zero attached hydrogens (tertiary/aromatic N) is 1. The predicted octanol–water partition coefficient (Wildman–Crippen LogP) is -0.0274.